The monoisotopic (exact) mass is 194 g/mol. The molecule has 0 nitrogen and oxygen atoms in total. The molecule has 0 saturated carbocycles. The molecule has 0 fully saturated rings. The highest BCUT2D eigenvalue weighted by Crippen LogP contribution is 2.17. The van der Waals surface area contributed by atoms with E-state index in [1.165, 1.54) is 5.57 Å². The maximum Gasteiger partial charge on any atom is 0.0703 e. The molecule has 0 bridgehead atoms. The Kier molecular flexibility index (Phi) is 4.04. The zero-order valence-electron chi connectivity index (χ0n) is 7.91. The summed E-state index contributed by atoms with van der Waals surface area (Å²) < 4.78 is 0. The van der Waals surface area contributed by atoms with Crippen LogP contribution in [0.5, 0.6) is 0 Å². The normalized spacial score (nSPS) is 23.5. The molecule has 0 heterocycles. The van der Waals surface area contributed by atoms with Crippen LogP contribution in [0.4, 0.5) is 0 Å². The second kappa shape index (κ2) is 5.08. The standard InChI is InChI=1S/C12H15Cl/c1-3-10(2)9-11-5-4-6-12(13)8-7-11/h3-8,10,12H,1,9H2,2H3. The third-order valence-electron chi connectivity index (χ3n) is 2.06. The van der Waals surface area contributed by atoms with Gasteiger partial charge in [0.05, 0.1) is 5.38 Å². The first-order valence-electron chi connectivity index (χ1n) is 4.54. The summed E-state index contributed by atoms with van der Waals surface area (Å²) in [5, 5.41) is 0.0350. The van der Waals surface area contributed by atoms with Crippen molar-refractivity contribution in [1.82, 2.24) is 0 Å². The highest BCUT2D eigenvalue weighted by atomic mass is 35.5. The van der Waals surface area contributed by atoms with Crippen molar-refractivity contribution in [2.45, 2.75) is 18.7 Å². The first kappa shape index (κ1) is 10.3. The molecule has 2 atom stereocenters. The van der Waals surface area contributed by atoms with Crippen molar-refractivity contribution in [2.24, 2.45) is 5.92 Å². The Labute approximate surface area is 85.3 Å². The van der Waals surface area contributed by atoms with Gasteiger partial charge in [0.2, 0.25) is 0 Å². The summed E-state index contributed by atoms with van der Waals surface area (Å²) in [6.45, 7) is 5.93. The maximum absolute atomic E-state index is 5.93. The topological polar surface area (TPSA) is 0 Å². The van der Waals surface area contributed by atoms with E-state index in [2.05, 4.69) is 25.7 Å². The molecule has 0 aliphatic heterocycles. The molecular formula is C12H15Cl. The van der Waals surface area contributed by atoms with Gasteiger partial charge in [-0.3, -0.25) is 0 Å². The van der Waals surface area contributed by atoms with Crippen molar-refractivity contribution in [3.05, 3.63) is 48.6 Å². The fraction of sp³-hybridized carbons (Fsp3) is 0.333. The third kappa shape index (κ3) is 3.65. The molecule has 0 amide bonds. The van der Waals surface area contributed by atoms with E-state index in [9.17, 15) is 0 Å². The van der Waals surface area contributed by atoms with Crippen molar-refractivity contribution in [3.63, 3.8) is 0 Å². The van der Waals surface area contributed by atoms with Gasteiger partial charge in [0.15, 0.2) is 0 Å². The summed E-state index contributed by atoms with van der Waals surface area (Å²) in [5.74, 6) is 0.524. The Bertz CT molecular complexity index is 258. The van der Waals surface area contributed by atoms with Crippen LogP contribution in [0, 0.1) is 5.92 Å². The predicted molar refractivity (Wildman–Crippen MR) is 60.0 cm³/mol. The summed E-state index contributed by atoms with van der Waals surface area (Å²) in [6.07, 6.45) is 13.2. The molecule has 0 saturated heterocycles. The fourth-order valence-electron chi connectivity index (χ4n) is 1.21. The smallest absolute Gasteiger partial charge is 0.0703 e. The molecule has 1 rings (SSSR count). The Morgan fingerprint density at radius 2 is 2.38 bits per heavy atom. The van der Waals surface area contributed by atoms with E-state index in [-0.39, 0.29) is 5.38 Å². The molecule has 1 heteroatoms. The Hall–Kier alpha value is -0.750. The van der Waals surface area contributed by atoms with Gasteiger partial charge < -0.3 is 0 Å². The second-order valence-corrected chi connectivity index (χ2v) is 3.85. The first-order chi connectivity index (χ1) is 6.22. The van der Waals surface area contributed by atoms with Gasteiger partial charge in [-0.1, -0.05) is 43.4 Å². The van der Waals surface area contributed by atoms with Gasteiger partial charge in [0.1, 0.15) is 0 Å². The summed E-state index contributed by atoms with van der Waals surface area (Å²) >= 11 is 5.93. The average molecular weight is 195 g/mol. The number of hydrogen-bond acceptors (Lipinski definition) is 0. The largest absolute Gasteiger partial charge is 0.114 e. The SMILES string of the molecule is C=CC(C)CC1=CC=CC(Cl)C=C1. The lowest BCUT2D eigenvalue weighted by atomic mass is 10.0. The molecular weight excluding hydrogens is 180 g/mol. The quantitative estimate of drug-likeness (QED) is 0.473. The molecule has 0 spiro atoms. The van der Waals surface area contributed by atoms with Crippen molar-refractivity contribution in [3.8, 4) is 0 Å². The van der Waals surface area contributed by atoms with Gasteiger partial charge in [0.25, 0.3) is 0 Å². The van der Waals surface area contributed by atoms with Crippen LogP contribution in [0.3, 0.4) is 0 Å². The molecule has 0 radical (unpaired) electrons. The van der Waals surface area contributed by atoms with E-state index in [0.29, 0.717) is 5.92 Å². The van der Waals surface area contributed by atoms with E-state index >= 15 is 0 Å². The van der Waals surface area contributed by atoms with Crippen LogP contribution in [0.1, 0.15) is 13.3 Å². The number of halogens is 1. The summed E-state index contributed by atoms with van der Waals surface area (Å²) in [7, 11) is 0. The zero-order valence-corrected chi connectivity index (χ0v) is 8.67. The lowest BCUT2D eigenvalue weighted by molar-refractivity contribution is 0.729. The molecule has 2 unspecified atom stereocenters. The van der Waals surface area contributed by atoms with Crippen LogP contribution < -0.4 is 0 Å². The molecule has 1 aliphatic carbocycles. The predicted octanol–water partition coefficient (Wildman–Crippen LogP) is 3.86. The summed E-state index contributed by atoms with van der Waals surface area (Å²) in [4.78, 5) is 0. The fourth-order valence-corrected chi connectivity index (χ4v) is 1.37. The second-order valence-electron chi connectivity index (χ2n) is 3.35. The Morgan fingerprint density at radius 3 is 3.08 bits per heavy atom. The zero-order chi connectivity index (χ0) is 9.68. The van der Waals surface area contributed by atoms with Crippen molar-refractivity contribution in [1.29, 1.82) is 0 Å². The van der Waals surface area contributed by atoms with E-state index in [0.717, 1.165) is 6.42 Å². The lowest BCUT2D eigenvalue weighted by Crippen LogP contribution is -1.90. The number of rotatable bonds is 3. The maximum atomic E-state index is 5.93. The number of alkyl halides is 1. The minimum atomic E-state index is 0.0350. The van der Waals surface area contributed by atoms with Gasteiger partial charge in [-0.2, -0.15) is 0 Å². The molecule has 0 aromatic heterocycles. The van der Waals surface area contributed by atoms with Gasteiger partial charge in [-0.25, -0.2) is 0 Å². The first-order valence-corrected chi connectivity index (χ1v) is 4.98. The molecule has 0 aromatic rings. The van der Waals surface area contributed by atoms with E-state index in [1.807, 2.05) is 24.3 Å². The summed E-state index contributed by atoms with van der Waals surface area (Å²) in [6, 6.07) is 0. The minimum Gasteiger partial charge on any atom is -0.114 e. The van der Waals surface area contributed by atoms with Crippen molar-refractivity contribution >= 4 is 11.6 Å². The molecule has 0 N–H and O–H groups in total. The number of allylic oxidation sites excluding steroid dienone is 7. The molecule has 70 valence electrons. The van der Waals surface area contributed by atoms with Crippen LogP contribution in [-0.2, 0) is 0 Å². The molecule has 13 heavy (non-hydrogen) atoms. The van der Waals surface area contributed by atoms with Crippen LogP contribution in [-0.4, -0.2) is 5.38 Å². The third-order valence-corrected chi connectivity index (χ3v) is 2.35. The average Bonchev–Trinajstić information content (AvgIpc) is 2.31. The van der Waals surface area contributed by atoms with Crippen LogP contribution in [0.25, 0.3) is 0 Å². The van der Waals surface area contributed by atoms with Crippen LogP contribution >= 0.6 is 11.6 Å². The van der Waals surface area contributed by atoms with Gasteiger partial charge in [-0.15, -0.1) is 18.2 Å². The Morgan fingerprint density at radius 1 is 1.62 bits per heavy atom. The van der Waals surface area contributed by atoms with E-state index < -0.39 is 0 Å². The van der Waals surface area contributed by atoms with Crippen LogP contribution in [0.2, 0.25) is 0 Å². The van der Waals surface area contributed by atoms with Crippen molar-refractivity contribution in [2.75, 3.05) is 0 Å². The summed E-state index contributed by atoms with van der Waals surface area (Å²) in [5.41, 5.74) is 1.31. The van der Waals surface area contributed by atoms with Gasteiger partial charge in [-0.05, 0) is 17.9 Å². The van der Waals surface area contributed by atoms with E-state index in [4.69, 9.17) is 11.6 Å². The minimum absolute atomic E-state index is 0.0350. The van der Waals surface area contributed by atoms with Gasteiger partial charge >= 0.3 is 0 Å². The van der Waals surface area contributed by atoms with Gasteiger partial charge in [0, 0.05) is 0 Å². The number of hydrogen-bond donors (Lipinski definition) is 0. The van der Waals surface area contributed by atoms with Crippen LogP contribution in [0.15, 0.2) is 48.6 Å². The molecule has 0 aromatic carbocycles. The lowest BCUT2D eigenvalue weighted by Gasteiger charge is -2.05. The molecule has 1 aliphatic rings. The highest BCUT2D eigenvalue weighted by Gasteiger charge is 2.02. The highest BCUT2D eigenvalue weighted by molar-refractivity contribution is 6.23. The Balaban J connectivity index is 2.60. The van der Waals surface area contributed by atoms with Crippen molar-refractivity contribution < 1.29 is 0 Å². The van der Waals surface area contributed by atoms with E-state index in [1.54, 1.807) is 0 Å².